The van der Waals surface area contributed by atoms with E-state index in [1.807, 2.05) is 27.7 Å². The second-order valence-corrected chi connectivity index (χ2v) is 8.13. The van der Waals surface area contributed by atoms with Crippen molar-refractivity contribution in [1.29, 1.82) is 0 Å². The van der Waals surface area contributed by atoms with E-state index in [0.717, 1.165) is 5.39 Å². The van der Waals surface area contributed by atoms with Crippen molar-refractivity contribution in [1.82, 2.24) is 4.90 Å². The average Bonchev–Trinajstić information content (AvgIpc) is 2.87. The van der Waals surface area contributed by atoms with Gasteiger partial charge >= 0.3 is 6.09 Å². The lowest BCUT2D eigenvalue weighted by Gasteiger charge is -2.37. The molecular formula is C19H23ClFNO3. The summed E-state index contributed by atoms with van der Waals surface area (Å²) in [5.74, 6) is -0.254. The van der Waals surface area contributed by atoms with Gasteiger partial charge in [-0.3, -0.25) is 0 Å². The van der Waals surface area contributed by atoms with Crippen molar-refractivity contribution < 1.29 is 18.3 Å². The van der Waals surface area contributed by atoms with E-state index in [1.165, 1.54) is 12.3 Å². The Morgan fingerprint density at radius 3 is 2.76 bits per heavy atom. The molecule has 2 aromatic rings. The number of piperidine rings is 1. The van der Waals surface area contributed by atoms with Crippen molar-refractivity contribution in [2.75, 3.05) is 13.1 Å². The van der Waals surface area contributed by atoms with E-state index in [-0.39, 0.29) is 23.7 Å². The second kappa shape index (κ2) is 6.52. The van der Waals surface area contributed by atoms with Gasteiger partial charge in [-0.15, -0.1) is 0 Å². The fourth-order valence-electron chi connectivity index (χ4n) is 3.48. The van der Waals surface area contributed by atoms with Gasteiger partial charge in [0.05, 0.1) is 5.02 Å². The zero-order chi connectivity index (χ0) is 18.4. The van der Waals surface area contributed by atoms with E-state index in [2.05, 4.69) is 0 Å². The van der Waals surface area contributed by atoms with Crippen LogP contribution in [-0.2, 0) is 4.74 Å². The SMILES string of the molecule is C[C@@H]1CN(C(=O)OC(C)(C)C)CC[C@@H]1c1c(F)ccc2c(Cl)coc12. The molecule has 4 nitrogen and oxygen atoms in total. The Balaban J connectivity index is 1.83. The first-order chi connectivity index (χ1) is 11.7. The topological polar surface area (TPSA) is 42.7 Å². The van der Waals surface area contributed by atoms with Crippen molar-refractivity contribution in [3.05, 3.63) is 34.8 Å². The van der Waals surface area contributed by atoms with Crippen LogP contribution in [0.1, 0.15) is 45.6 Å². The van der Waals surface area contributed by atoms with Gasteiger partial charge in [0, 0.05) is 24.0 Å². The number of fused-ring (bicyclic) bond motifs is 1. The lowest BCUT2D eigenvalue weighted by atomic mass is 9.81. The monoisotopic (exact) mass is 367 g/mol. The maximum absolute atomic E-state index is 14.6. The van der Waals surface area contributed by atoms with Crippen LogP contribution in [0.25, 0.3) is 11.0 Å². The summed E-state index contributed by atoms with van der Waals surface area (Å²) >= 11 is 6.11. The van der Waals surface area contributed by atoms with Gasteiger partial charge in [-0.25, -0.2) is 9.18 Å². The van der Waals surface area contributed by atoms with Gasteiger partial charge in [-0.05, 0) is 51.2 Å². The van der Waals surface area contributed by atoms with Crippen LogP contribution in [0.15, 0.2) is 22.8 Å². The fraction of sp³-hybridized carbons (Fsp3) is 0.526. The van der Waals surface area contributed by atoms with E-state index in [4.69, 9.17) is 20.8 Å². The number of hydrogen-bond acceptors (Lipinski definition) is 3. The van der Waals surface area contributed by atoms with Crippen LogP contribution in [0, 0.1) is 11.7 Å². The van der Waals surface area contributed by atoms with E-state index >= 15 is 0 Å². The van der Waals surface area contributed by atoms with Crippen LogP contribution in [0.3, 0.4) is 0 Å². The largest absolute Gasteiger partial charge is 0.462 e. The lowest BCUT2D eigenvalue weighted by molar-refractivity contribution is 0.0154. The molecule has 0 unspecified atom stereocenters. The highest BCUT2D eigenvalue weighted by atomic mass is 35.5. The van der Waals surface area contributed by atoms with Gasteiger partial charge in [-0.2, -0.15) is 0 Å². The molecule has 1 aliphatic rings. The first kappa shape index (κ1) is 18.1. The molecule has 0 saturated carbocycles. The molecule has 1 aromatic heterocycles. The van der Waals surface area contributed by atoms with Crippen molar-refractivity contribution >= 4 is 28.7 Å². The quantitative estimate of drug-likeness (QED) is 0.660. The van der Waals surface area contributed by atoms with Crippen molar-refractivity contribution in [3.63, 3.8) is 0 Å². The summed E-state index contributed by atoms with van der Waals surface area (Å²) < 4.78 is 25.5. The molecule has 1 aromatic carbocycles. The lowest BCUT2D eigenvalue weighted by Crippen LogP contribution is -2.44. The summed E-state index contributed by atoms with van der Waals surface area (Å²) in [7, 11) is 0. The molecule has 1 fully saturated rings. The molecule has 0 bridgehead atoms. The van der Waals surface area contributed by atoms with Crippen molar-refractivity contribution in [3.8, 4) is 0 Å². The number of ether oxygens (including phenoxy) is 1. The normalized spacial score (nSPS) is 21.6. The number of likely N-dealkylation sites (tertiary alicyclic amines) is 1. The Bertz CT molecular complexity index is 796. The molecule has 25 heavy (non-hydrogen) atoms. The van der Waals surface area contributed by atoms with Crippen LogP contribution in [0.2, 0.25) is 5.02 Å². The molecule has 0 spiro atoms. The average molecular weight is 368 g/mol. The smallest absolute Gasteiger partial charge is 0.410 e. The third kappa shape index (κ3) is 3.61. The molecule has 3 rings (SSSR count). The summed E-state index contributed by atoms with van der Waals surface area (Å²) in [5.41, 5.74) is 0.535. The van der Waals surface area contributed by atoms with E-state index in [1.54, 1.807) is 11.0 Å². The minimum absolute atomic E-state index is 0.0374. The van der Waals surface area contributed by atoms with Gasteiger partial charge in [0.25, 0.3) is 0 Å². The van der Waals surface area contributed by atoms with E-state index in [0.29, 0.717) is 35.7 Å². The highest BCUT2D eigenvalue weighted by Gasteiger charge is 2.34. The molecule has 2 heterocycles. The summed E-state index contributed by atoms with van der Waals surface area (Å²) in [4.78, 5) is 14.0. The number of carbonyl (C=O) groups excluding carboxylic acids is 1. The van der Waals surface area contributed by atoms with Crippen LogP contribution in [0.4, 0.5) is 9.18 Å². The first-order valence-corrected chi connectivity index (χ1v) is 8.88. The van der Waals surface area contributed by atoms with Gasteiger partial charge in [0.1, 0.15) is 23.3 Å². The van der Waals surface area contributed by atoms with E-state index in [9.17, 15) is 9.18 Å². The summed E-state index contributed by atoms with van der Waals surface area (Å²) in [6, 6.07) is 3.08. The third-order valence-corrected chi connectivity index (χ3v) is 4.90. The molecule has 136 valence electrons. The standard InChI is InChI=1S/C19H23ClFNO3/c1-11-9-22(18(23)25-19(2,3)4)8-7-12(11)16-15(21)6-5-13-14(20)10-24-17(13)16/h5-6,10-12H,7-9H2,1-4H3/t11-,12+/m1/s1. The Morgan fingerprint density at radius 2 is 2.12 bits per heavy atom. The van der Waals surface area contributed by atoms with Crippen molar-refractivity contribution in [2.24, 2.45) is 5.92 Å². The van der Waals surface area contributed by atoms with Crippen LogP contribution in [0.5, 0.6) is 0 Å². The highest BCUT2D eigenvalue weighted by molar-refractivity contribution is 6.35. The Hall–Kier alpha value is -1.75. The minimum atomic E-state index is -0.528. The number of nitrogens with zero attached hydrogens (tertiary/aromatic N) is 1. The van der Waals surface area contributed by atoms with Gasteiger partial charge in [0.15, 0.2) is 0 Å². The predicted octanol–water partition coefficient (Wildman–Crippen LogP) is 5.59. The number of rotatable bonds is 1. The number of halogens is 2. The maximum Gasteiger partial charge on any atom is 0.410 e. The highest BCUT2D eigenvalue weighted by Crippen LogP contribution is 2.40. The molecule has 6 heteroatoms. The molecule has 0 radical (unpaired) electrons. The maximum atomic E-state index is 14.6. The van der Waals surface area contributed by atoms with Gasteiger partial charge in [0.2, 0.25) is 0 Å². The molecule has 0 N–H and O–H groups in total. The molecular weight excluding hydrogens is 345 g/mol. The zero-order valence-corrected chi connectivity index (χ0v) is 15.7. The molecule has 1 amide bonds. The van der Waals surface area contributed by atoms with Crippen LogP contribution in [-0.4, -0.2) is 29.7 Å². The number of furan rings is 1. The number of hydrogen-bond donors (Lipinski definition) is 0. The third-order valence-electron chi connectivity index (χ3n) is 4.61. The Morgan fingerprint density at radius 1 is 1.40 bits per heavy atom. The molecule has 1 saturated heterocycles. The molecule has 2 atom stereocenters. The number of benzene rings is 1. The molecule has 0 aliphatic carbocycles. The predicted molar refractivity (Wildman–Crippen MR) is 95.5 cm³/mol. The zero-order valence-electron chi connectivity index (χ0n) is 14.9. The van der Waals surface area contributed by atoms with Crippen LogP contribution < -0.4 is 0 Å². The van der Waals surface area contributed by atoms with E-state index < -0.39 is 5.60 Å². The minimum Gasteiger partial charge on any atom is -0.462 e. The first-order valence-electron chi connectivity index (χ1n) is 8.50. The summed E-state index contributed by atoms with van der Waals surface area (Å²) in [6.45, 7) is 8.59. The van der Waals surface area contributed by atoms with Crippen molar-refractivity contribution in [2.45, 2.75) is 45.6 Å². The fourth-order valence-corrected chi connectivity index (χ4v) is 3.67. The van der Waals surface area contributed by atoms with Gasteiger partial charge < -0.3 is 14.1 Å². The summed E-state index contributed by atoms with van der Waals surface area (Å²) in [6.07, 6.45) is 1.77. The molecule has 1 aliphatic heterocycles. The van der Waals surface area contributed by atoms with Crippen LogP contribution >= 0.6 is 11.6 Å². The number of carbonyl (C=O) groups is 1. The van der Waals surface area contributed by atoms with Gasteiger partial charge in [-0.1, -0.05) is 18.5 Å². The second-order valence-electron chi connectivity index (χ2n) is 7.72. The summed E-state index contributed by atoms with van der Waals surface area (Å²) in [5, 5.41) is 1.20. The Labute approximate surface area is 151 Å². The number of amides is 1. The Kier molecular flexibility index (Phi) is 4.71.